The molecule has 3 rings (SSSR count). The molecule has 1 N–H and O–H groups in total. The molecule has 1 aromatic heterocycles. The van der Waals surface area contributed by atoms with Crippen LogP contribution in [0.15, 0.2) is 16.8 Å². The van der Waals surface area contributed by atoms with Gasteiger partial charge in [-0.3, -0.25) is 0 Å². The van der Waals surface area contributed by atoms with Crippen LogP contribution in [0.4, 0.5) is 4.79 Å². The maximum absolute atomic E-state index is 12.4. The van der Waals surface area contributed by atoms with Gasteiger partial charge in [0.2, 0.25) is 0 Å². The van der Waals surface area contributed by atoms with Crippen molar-refractivity contribution in [3.8, 4) is 0 Å². The monoisotopic (exact) mass is 338 g/mol. The first-order valence-corrected chi connectivity index (χ1v) is 9.35. The Bertz CT molecular complexity index is 504. The SMILES string of the molecule is C[C@@H](Cc1ccsc1)N(C)C(=O)NC1CCC2(CC1)OCCO2. The predicted molar refractivity (Wildman–Crippen MR) is 90.7 cm³/mol. The molecule has 1 saturated carbocycles. The Labute approximate surface area is 142 Å². The van der Waals surface area contributed by atoms with Crippen molar-refractivity contribution in [2.45, 2.75) is 56.9 Å². The fourth-order valence-electron chi connectivity index (χ4n) is 3.35. The highest BCUT2D eigenvalue weighted by Gasteiger charge is 2.40. The van der Waals surface area contributed by atoms with E-state index in [1.54, 1.807) is 11.3 Å². The summed E-state index contributed by atoms with van der Waals surface area (Å²) in [5.74, 6) is -0.362. The number of ether oxygens (including phenoxy) is 2. The van der Waals surface area contributed by atoms with Gasteiger partial charge in [0.25, 0.3) is 0 Å². The van der Waals surface area contributed by atoms with E-state index in [2.05, 4.69) is 29.1 Å². The lowest BCUT2D eigenvalue weighted by Crippen LogP contribution is -2.49. The molecule has 1 spiro atoms. The molecule has 1 aromatic rings. The van der Waals surface area contributed by atoms with Crippen molar-refractivity contribution in [3.63, 3.8) is 0 Å². The molecule has 0 aromatic carbocycles. The number of carbonyl (C=O) groups excluding carboxylic acids is 1. The third-order valence-electron chi connectivity index (χ3n) is 4.98. The minimum absolute atomic E-state index is 0.0157. The van der Waals surface area contributed by atoms with Crippen LogP contribution in [0.3, 0.4) is 0 Å². The number of nitrogens with zero attached hydrogens (tertiary/aromatic N) is 1. The van der Waals surface area contributed by atoms with Crippen molar-refractivity contribution >= 4 is 17.4 Å². The zero-order valence-corrected chi connectivity index (χ0v) is 14.7. The summed E-state index contributed by atoms with van der Waals surface area (Å²) in [6, 6.07) is 2.54. The van der Waals surface area contributed by atoms with Gasteiger partial charge in [0.15, 0.2) is 5.79 Å². The summed E-state index contributed by atoms with van der Waals surface area (Å²) in [5, 5.41) is 7.38. The third kappa shape index (κ3) is 4.05. The first-order chi connectivity index (χ1) is 11.1. The van der Waals surface area contributed by atoms with E-state index < -0.39 is 0 Å². The van der Waals surface area contributed by atoms with Crippen LogP contribution in [-0.4, -0.2) is 49.1 Å². The van der Waals surface area contributed by atoms with E-state index in [-0.39, 0.29) is 23.9 Å². The number of carbonyl (C=O) groups is 1. The van der Waals surface area contributed by atoms with Gasteiger partial charge in [-0.2, -0.15) is 11.3 Å². The van der Waals surface area contributed by atoms with Crippen molar-refractivity contribution in [1.82, 2.24) is 10.2 Å². The zero-order chi connectivity index (χ0) is 16.3. The molecule has 0 bridgehead atoms. The largest absolute Gasteiger partial charge is 0.348 e. The molecular weight excluding hydrogens is 312 g/mol. The van der Waals surface area contributed by atoms with Gasteiger partial charge in [-0.05, 0) is 48.6 Å². The lowest BCUT2D eigenvalue weighted by molar-refractivity contribution is -0.179. The number of hydrogen-bond acceptors (Lipinski definition) is 4. The number of rotatable bonds is 4. The van der Waals surface area contributed by atoms with Crippen LogP contribution in [0.5, 0.6) is 0 Å². The molecule has 6 heteroatoms. The van der Waals surface area contributed by atoms with Crippen LogP contribution in [-0.2, 0) is 15.9 Å². The fraction of sp³-hybridized carbons (Fsp3) is 0.706. The van der Waals surface area contributed by atoms with E-state index in [0.29, 0.717) is 13.2 Å². The second kappa shape index (κ2) is 7.20. The number of likely N-dealkylation sites (N-methyl/N-ethyl adjacent to an activating group) is 1. The number of nitrogens with one attached hydrogen (secondary N) is 1. The first kappa shape index (κ1) is 16.7. The van der Waals surface area contributed by atoms with Gasteiger partial charge in [-0.25, -0.2) is 4.79 Å². The molecule has 128 valence electrons. The summed E-state index contributed by atoms with van der Waals surface area (Å²) in [7, 11) is 1.87. The van der Waals surface area contributed by atoms with E-state index in [1.807, 2.05) is 11.9 Å². The maximum Gasteiger partial charge on any atom is 0.317 e. The van der Waals surface area contributed by atoms with E-state index in [4.69, 9.17) is 9.47 Å². The Morgan fingerprint density at radius 1 is 1.43 bits per heavy atom. The smallest absolute Gasteiger partial charge is 0.317 e. The molecule has 1 aliphatic carbocycles. The molecule has 1 saturated heterocycles. The summed E-state index contributed by atoms with van der Waals surface area (Å²) < 4.78 is 11.5. The van der Waals surface area contributed by atoms with Crippen molar-refractivity contribution in [2.24, 2.45) is 0 Å². The zero-order valence-electron chi connectivity index (χ0n) is 13.9. The molecule has 2 aliphatic rings. The molecule has 1 atom stereocenters. The molecule has 2 amide bonds. The van der Waals surface area contributed by atoms with Crippen molar-refractivity contribution < 1.29 is 14.3 Å². The average molecular weight is 338 g/mol. The van der Waals surface area contributed by atoms with Gasteiger partial charge in [-0.1, -0.05) is 0 Å². The molecule has 2 fully saturated rings. The Hall–Kier alpha value is -1.11. The summed E-state index contributed by atoms with van der Waals surface area (Å²) in [5.41, 5.74) is 1.29. The van der Waals surface area contributed by atoms with Crippen LogP contribution in [0.2, 0.25) is 0 Å². The molecule has 1 aliphatic heterocycles. The number of thiophene rings is 1. The Morgan fingerprint density at radius 3 is 2.74 bits per heavy atom. The highest BCUT2D eigenvalue weighted by molar-refractivity contribution is 7.07. The Morgan fingerprint density at radius 2 is 2.13 bits per heavy atom. The summed E-state index contributed by atoms with van der Waals surface area (Å²) >= 11 is 1.70. The van der Waals surface area contributed by atoms with Crippen LogP contribution in [0.1, 0.15) is 38.2 Å². The van der Waals surface area contributed by atoms with Crippen LogP contribution < -0.4 is 5.32 Å². The molecule has 0 unspecified atom stereocenters. The molecule has 5 nitrogen and oxygen atoms in total. The number of amides is 2. The number of urea groups is 1. The molecule has 0 radical (unpaired) electrons. The summed E-state index contributed by atoms with van der Waals surface area (Å²) in [6.45, 7) is 3.48. The van der Waals surface area contributed by atoms with Gasteiger partial charge in [0.05, 0.1) is 13.2 Å². The van der Waals surface area contributed by atoms with Gasteiger partial charge >= 0.3 is 6.03 Å². The van der Waals surface area contributed by atoms with E-state index in [9.17, 15) is 4.79 Å². The quantitative estimate of drug-likeness (QED) is 0.918. The Kier molecular flexibility index (Phi) is 5.24. The van der Waals surface area contributed by atoms with Crippen LogP contribution >= 0.6 is 11.3 Å². The normalized spacial score (nSPS) is 22.2. The fourth-order valence-corrected chi connectivity index (χ4v) is 4.03. The van der Waals surface area contributed by atoms with Crippen LogP contribution in [0, 0.1) is 0 Å². The topological polar surface area (TPSA) is 50.8 Å². The standard InChI is InChI=1S/C17H26N2O3S/c1-13(11-14-5-10-23-12-14)19(2)16(20)18-15-3-6-17(7-4-15)21-8-9-22-17/h5,10,12-13,15H,3-4,6-9,11H2,1-2H3,(H,18,20)/t13-/m0/s1. The van der Waals surface area contributed by atoms with Crippen molar-refractivity contribution in [1.29, 1.82) is 0 Å². The highest BCUT2D eigenvalue weighted by Crippen LogP contribution is 2.35. The highest BCUT2D eigenvalue weighted by atomic mass is 32.1. The van der Waals surface area contributed by atoms with Crippen LogP contribution in [0.25, 0.3) is 0 Å². The lowest BCUT2D eigenvalue weighted by atomic mass is 9.90. The third-order valence-corrected chi connectivity index (χ3v) is 5.71. The van der Waals surface area contributed by atoms with E-state index in [1.165, 1.54) is 5.56 Å². The summed E-state index contributed by atoms with van der Waals surface area (Å²) in [4.78, 5) is 14.3. The first-order valence-electron chi connectivity index (χ1n) is 8.40. The van der Waals surface area contributed by atoms with E-state index >= 15 is 0 Å². The molecule has 23 heavy (non-hydrogen) atoms. The maximum atomic E-state index is 12.4. The predicted octanol–water partition coefficient (Wildman–Crippen LogP) is 3.01. The lowest BCUT2D eigenvalue weighted by Gasteiger charge is -2.36. The molecule has 2 heterocycles. The van der Waals surface area contributed by atoms with Gasteiger partial charge in [-0.15, -0.1) is 0 Å². The van der Waals surface area contributed by atoms with Gasteiger partial charge < -0.3 is 19.7 Å². The second-order valence-corrected chi connectivity index (χ2v) is 7.41. The minimum atomic E-state index is -0.362. The van der Waals surface area contributed by atoms with Crippen molar-refractivity contribution in [2.75, 3.05) is 20.3 Å². The Balaban J connectivity index is 1.45. The summed E-state index contributed by atoms with van der Waals surface area (Å²) in [6.07, 6.45) is 4.46. The minimum Gasteiger partial charge on any atom is -0.348 e. The van der Waals surface area contributed by atoms with Gasteiger partial charge in [0.1, 0.15) is 0 Å². The van der Waals surface area contributed by atoms with Gasteiger partial charge in [0, 0.05) is 32.0 Å². The molecular formula is C17H26N2O3S. The second-order valence-electron chi connectivity index (χ2n) is 6.63. The number of hydrogen-bond donors (Lipinski definition) is 1. The average Bonchev–Trinajstić information content (AvgIpc) is 3.21. The van der Waals surface area contributed by atoms with E-state index in [0.717, 1.165) is 32.1 Å². The van der Waals surface area contributed by atoms with Crippen molar-refractivity contribution in [3.05, 3.63) is 22.4 Å².